The minimum atomic E-state index is 0.0294. The second-order valence-corrected chi connectivity index (χ2v) is 3.62. The molecule has 16 heavy (non-hydrogen) atoms. The maximum absolute atomic E-state index is 12.0. The van der Waals surface area contributed by atoms with Gasteiger partial charge in [-0.2, -0.15) is 0 Å². The Morgan fingerprint density at radius 1 is 1.25 bits per heavy atom. The molecule has 0 aliphatic heterocycles. The van der Waals surface area contributed by atoms with E-state index in [1.165, 1.54) is 0 Å². The van der Waals surface area contributed by atoms with Gasteiger partial charge in [-0.1, -0.05) is 19.1 Å². The third kappa shape index (κ3) is 2.92. The summed E-state index contributed by atoms with van der Waals surface area (Å²) in [5.41, 5.74) is 1.23. The fourth-order valence-electron chi connectivity index (χ4n) is 1.56. The van der Waals surface area contributed by atoms with Crippen LogP contribution in [0.15, 0.2) is 24.3 Å². The Bertz CT molecular complexity index is 357. The summed E-state index contributed by atoms with van der Waals surface area (Å²) in [6.07, 6.45) is 1.73. The summed E-state index contributed by atoms with van der Waals surface area (Å²) in [6.45, 7) is 5.49. The highest BCUT2D eigenvalue weighted by Crippen LogP contribution is 2.07. The molecule has 1 aromatic carbocycles. The van der Waals surface area contributed by atoms with Crippen molar-refractivity contribution < 1.29 is 9.59 Å². The molecule has 0 atom stereocenters. The standard InChI is InChI=1S/C13H17NO2/c1-3-9-14(4-2)13(16)12-7-5-11(10-15)6-8-12/h5-8,10H,3-4,9H2,1-2H3. The number of rotatable bonds is 5. The SMILES string of the molecule is CCCN(CC)C(=O)c1ccc(C=O)cc1. The average molecular weight is 219 g/mol. The zero-order valence-electron chi connectivity index (χ0n) is 9.77. The molecule has 0 saturated heterocycles. The van der Waals surface area contributed by atoms with Gasteiger partial charge >= 0.3 is 0 Å². The van der Waals surface area contributed by atoms with Crippen LogP contribution in [0.1, 0.15) is 41.0 Å². The topological polar surface area (TPSA) is 37.4 Å². The summed E-state index contributed by atoms with van der Waals surface area (Å²) in [6, 6.07) is 6.73. The predicted octanol–water partition coefficient (Wildman–Crippen LogP) is 2.37. The predicted molar refractivity (Wildman–Crippen MR) is 63.7 cm³/mol. The Balaban J connectivity index is 2.81. The van der Waals surface area contributed by atoms with E-state index in [0.29, 0.717) is 17.7 Å². The lowest BCUT2D eigenvalue weighted by atomic mass is 10.1. The second-order valence-electron chi connectivity index (χ2n) is 3.62. The van der Waals surface area contributed by atoms with E-state index in [1.807, 2.05) is 13.8 Å². The van der Waals surface area contributed by atoms with Crippen molar-refractivity contribution in [3.8, 4) is 0 Å². The van der Waals surface area contributed by atoms with Crippen LogP contribution < -0.4 is 0 Å². The van der Waals surface area contributed by atoms with Crippen LogP contribution in [-0.2, 0) is 0 Å². The quantitative estimate of drug-likeness (QED) is 0.713. The fourth-order valence-corrected chi connectivity index (χ4v) is 1.56. The molecule has 0 heterocycles. The number of hydrogen-bond acceptors (Lipinski definition) is 2. The van der Waals surface area contributed by atoms with E-state index in [-0.39, 0.29) is 5.91 Å². The summed E-state index contributed by atoms with van der Waals surface area (Å²) in [5, 5.41) is 0. The summed E-state index contributed by atoms with van der Waals surface area (Å²) in [7, 11) is 0. The molecule has 0 bridgehead atoms. The van der Waals surface area contributed by atoms with E-state index in [9.17, 15) is 9.59 Å². The summed E-state index contributed by atoms with van der Waals surface area (Å²) in [4.78, 5) is 24.3. The first-order chi connectivity index (χ1) is 7.72. The Morgan fingerprint density at radius 3 is 2.31 bits per heavy atom. The van der Waals surface area contributed by atoms with Crippen LogP contribution >= 0.6 is 0 Å². The third-order valence-corrected chi connectivity index (χ3v) is 2.46. The van der Waals surface area contributed by atoms with Crippen LogP contribution in [-0.4, -0.2) is 30.2 Å². The zero-order chi connectivity index (χ0) is 12.0. The Hall–Kier alpha value is -1.64. The monoisotopic (exact) mass is 219 g/mol. The molecule has 3 heteroatoms. The van der Waals surface area contributed by atoms with E-state index in [0.717, 1.165) is 19.3 Å². The van der Waals surface area contributed by atoms with Gasteiger partial charge in [-0.3, -0.25) is 9.59 Å². The summed E-state index contributed by atoms with van der Waals surface area (Å²) < 4.78 is 0. The maximum atomic E-state index is 12.0. The molecule has 0 N–H and O–H groups in total. The van der Waals surface area contributed by atoms with Gasteiger partial charge < -0.3 is 4.90 Å². The van der Waals surface area contributed by atoms with Gasteiger partial charge in [0.05, 0.1) is 0 Å². The number of hydrogen-bond donors (Lipinski definition) is 0. The Labute approximate surface area is 96.1 Å². The molecule has 0 aromatic heterocycles. The maximum Gasteiger partial charge on any atom is 0.253 e. The van der Waals surface area contributed by atoms with Crippen LogP contribution in [0.2, 0.25) is 0 Å². The van der Waals surface area contributed by atoms with Crippen LogP contribution in [0.3, 0.4) is 0 Å². The van der Waals surface area contributed by atoms with Gasteiger partial charge in [-0.05, 0) is 25.5 Å². The van der Waals surface area contributed by atoms with Crippen molar-refractivity contribution in [3.63, 3.8) is 0 Å². The molecule has 0 saturated carbocycles. The van der Waals surface area contributed by atoms with E-state index in [2.05, 4.69) is 0 Å². The molecule has 0 radical (unpaired) electrons. The van der Waals surface area contributed by atoms with Crippen LogP contribution in [0.5, 0.6) is 0 Å². The van der Waals surface area contributed by atoms with Crippen molar-refractivity contribution in [2.45, 2.75) is 20.3 Å². The van der Waals surface area contributed by atoms with Gasteiger partial charge in [0.25, 0.3) is 5.91 Å². The molecule has 0 unspecified atom stereocenters. The Kier molecular flexibility index (Phi) is 4.70. The lowest BCUT2D eigenvalue weighted by molar-refractivity contribution is 0.0764. The molecule has 1 amide bonds. The third-order valence-electron chi connectivity index (χ3n) is 2.46. The molecule has 0 spiro atoms. The molecule has 1 aromatic rings. The second kappa shape index (κ2) is 6.05. The van der Waals surface area contributed by atoms with Crippen molar-refractivity contribution in [1.29, 1.82) is 0 Å². The molecule has 1 rings (SSSR count). The van der Waals surface area contributed by atoms with Crippen molar-refractivity contribution >= 4 is 12.2 Å². The summed E-state index contributed by atoms with van der Waals surface area (Å²) >= 11 is 0. The van der Waals surface area contributed by atoms with Gasteiger partial charge in [0.2, 0.25) is 0 Å². The van der Waals surface area contributed by atoms with E-state index >= 15 is 0 Å². The highest BCUT2D eigenvalue weighted by atomic mass is 16.2. The van der Waals surface area contributed by atoms with Crippen molar-refractivity contribution in [1.82, 2.24) is 4.90 Å². The molecular weight excluding hydrogens is 202 g/mol. The minimum absolute atomic E-state index is 0.0294. The number of carbonyl (C=O) groups is 2. The number of nitrogens with zero attached hydrogens (tertiary/aromatic N) is 1. The fraction of sp³-hybridized carbons (Fsp3) is 0.385. The largest absolute Gasteiger partial charge is 0.339 e. The number of amides is 1. The van der Waals surface area contributed by atoms with Gasteiger partial charge in [-0.15, -0.1) is 0 Å². The molecule has 0 aliphatic rings. The zero-order valence-corrected chi connectivity index (χ0v) is 9.77. The van der Waals surface area contributed by atoms with Crippen LogP contribution in [0.25, 0.3) is 0 Å². The van der Waals surface area contributed by atoms with Gasteiger partial charge in [0, 0.05) is 24.2 Å². The highest BCUT2D eigenvalue weighted by Gasteiger charge is 2.12. The number of benzene rings is 1. The molecule has 86 valence electrons. The van der Waals surface area contributed by atoms with Crippen molar-refractivity contribution in [3.05, 3.63) is 35.4 Å². The van der Waals surface area contributed by atoms with Gasteiger partial charge in [0.1, 0.15) is 6.29 Å². The van der Waals surface area contributed by atoms with Gasteiger partial charge in [0.15, 0.2) is 0 Å². The number of carbonyl (C=O) groups excluding carboxylic acids is 2. The van der Waals surface area contributed by atoms with E-state index in [1.54, 1.807) is 29.2 Å². The van der Waals surface area contributed by atoms with Gasteiger partial charge in [-0.25, -0.2) is 0 Å². The van der Waals surface area contributed by atoms with Crippen molar-refractivity contribution in [2.75, 3.05) is 13.1 Å². The lowest BCUT2D eigenvalue weighted by Gasteiger charge is -2.20. The van der Waals surface area contributed by atoms with Crippen LogP contribution in [0, 0.1) is 0 Å². The molecule has 3 nitrogen and oxygen atoms in total. The highest BCUT2D eigenvalue weighted by molar-refractivity contribution is 5.94. The lowest BCUT2D eigenvalue weighted by Crippen LogP contribution is -2.31. The van der Waals surface area contributed by atoms with Crippen LogP contribution in [0.4, 0.5) is 0 Å². The normalized spacial score (nSPS) is 9.88. The molecule has 0 aliphatic carbocycles. The minimum Gasteiger partial charge on any atom is -0.339 e. The van der Waals surface area contributed by atoms with E-state index in [4.69, 9.17) is 0 Å². The first-order valence-corrected chi connectivity index (χ1v) is 5.57. The average Bonchev–Trinajstić information content (AvgIpc) is 2.35. The molecule has 0 fully saturated rings. The smallest absolute Gasteiger partial charge is 0.253 e. The number of aldehydes is 1. The first-order valence-electron chi connectivity index (χ1n) is 5.57. The first kappa shape index (κ1) is 12.4. The summed E-state index contributed by atoms with van der Waals surface area (Å²) in [5.74, 6) is 0.0294. The Morgan fingerprint density at radius 2 is 1.88 bits per heavy atom. The molecular formula is C13H17NO2. The van der Waals surface area contributed by atoms with E-state index < -0.39 is 0 Å². The van der Waals surface area contributed by atoms with Crippen molar-refractivity contribution in [2.24, 2.45) is 0 Å².